The molecular formula is C18H27N5. The average Bonchev–Trinajstić information content (AvgIpc) is 3.05. The molecule has 1 fully saturated rings. The van der Waals surface area contributed by atoms with E-state index in [2.05, 4.69) is 58.3 Å². The van der Waals surface area contributed by atoms with Crippen molar-refractivity contribution >= 4 is 12.2 Å². The van der Waals surface area contributed by atoms with Gasteiger partial charge in [-0.3, -0.25) is 5.32 Å². The predicted octanol–water partition coefficient (Wildman–Crippen LogP) is 3.15. The molecule has 0 saturated carbocycles. The summed E-state index contributed by atoms with van der Waals surface area (Å²) in [4.78, 5) is 12.2. The summed E-state index contributed by atoms with van der Waals surface area (Å²) in [5.74, 6) is 0.954. The zero-order valence-electron chi connectivity index (χ0n) is 14.1. The highest BCUT2D eigenvalue weighted by Crippen LogP contribution is 2.31. The first-order chi connectivity index (χ1) is 11.1. The van der Waals surface area contributed by atoms with E-state index in [1.807, 2.05) is 18.6 Å². The summed E-state index contributed by atoms with van der Waals surface area (Å²) in [7, 11) is 2.06. The molecule has 3 unspecified atom stereocenters. The minimum Gasteiger partial charge on any atom is -0.367 e. The van der Waals surface area contributed by atoms with Gasteiger partial charge in [-0.2, -0.15) is 0 Å². The second-order valence-electron chi connectivity index (χ2n) is 6.45. The van der Waals surface area contributed by atoms with Crippen molar-refractivity contribution in [3.8, 4) is 0 Å². The highest BCUT2D eigenvalue weighted by Gasteiger charge is 2.31. The Balaban J connectivity index is 1.72. The molecule has 3 atom stereocenters. The Hall–Kier alpha value is -2.01. The van der Waals surface area contributed by atoms with Crippen LogP contribution in [0.3, 0.4) is 0 Å². The number of allylic oxidation sites excluding steroid dienone is 1. The molecule has 0 bridgehead atoms. The van der Waals surface area contributed by atoms with Crippen LogP contribution in [0.4, 0.5) is 5.82 Å². The number of rotatable bonds is 5. The molecule has 0 amide bonds. The fourth-order valence-corrected chi connectivity index (χ4v) is 3.63. The highest BCUT2D eigenvalue weighted by molar-refractivity contribution is 5.65. The SMILES string of the molecule is C=CC(=C)N1CC(NC2c3cc[nH]c3N=CN2C)CCC1CC. The van der Waals surface area contributed by atoms with Crippen LogP contribution in [0.25, 0.3) is 0 Å². The zero-order chi connectivity index (χ0) is 16.4. The van der Waals surface area contributed by atoms with Crippen molar-refractivity contribution in [1.82, 2.24) is 20.1 Å². The third-order valence-corrected chi connectivity index (χ3v) is 5.00. The van der Waals surface area contributed by atoms with E-state index in [1.54, 1.807) is 0 Å². The Morgan fingerprint density at radius 2 is 2.35 bits per heavy atom. The van der Waals surface area contributed by atoms with E-state index in [0.29, 0.717) is 12.1 Å². The van der Waals surface area contributed by atoms with Gasteiger partial charge in [-0.15, -0.1) is 0 Å². The van der Waals surface area contributed by atoms with Gasteiger partial charge in [0.15, 0.2) is 0 Å². The fourth-order valence-electron chi connectivity index (χ4n) is 3.63. The molecule has 3 rings (SSSR count). The molecule has 5 nitrogen and oxygen atoms in total. The number of aromatic nitrogens is 1. The minimum atomic E-state index is 0.163. The first-order valence-corrected chi connectivity index (χ1v) is 8.41. The molecule has 2 N–H and O–H groups in total. The van der Waals surface area contributed by atoms with Crippen LogP contribution in [-0.4, -0.2) is 46.8 Å². The average molecular weight is 313 g/mol. The summed E-state index contributed by atoms with van der Waals surface area (Å²) >= 11 is 0. The van der Waals surface area contributed by atoms with Gasteiger partial charge < -0.3 is 14.8 Å². The van der Waals surface area contributed by atoms with E-state index in [0.717, 1.165) is 24.5 Å². The van der Waals surface area contributed by atoms with Gasteiger partial charge in [0.1, 0.15) is 12.0 Å². The van der Waals surface area contributed by atoms with Gasteiger partial charge in [0.05, 0.1) is 6.34 Å². The highest BCUT2D eigenvalue weighted by atomic mass is 15.3. The third kappa shape index (κ3) is 3.06. The lowest BCUT2D eigenvalue weighted by Crippen LogP contribution is -2.52. The Bertz CT molecular complexity index is 602. The van der Waals surface area contributed by atoms with Gasteiger partial charge in [0, 0.05) is 43.1 Å². The van der Waals surface area contributed by atoms with Crippen molar-refractivity contribution in [3.05, 3.63) is 42.8 Å². The molecule has 1 saturated heterocycles. The van der Waals surface area contributed by atoms with Crippen molar-refractivity contribution in [2.45, 2.75) is 44.4 Å². The van der Waals surface area contributed by atoms with Crippen LogP contribution in [-0.2, 0) is 0 Å². The molecule has 2 aliphatic rings. The van der Waals surface area contributed by atoms with Crippen LogP contribution in [0.5, 0.6) is 0 Å². The summed E-state index contributed by atoms with van der Waals surface area (Å²) in [6, 6.07) is 3.11. The molecule has 0 aromatic carbocycles. The number of likely N-dealkylation sites (tertiary alicyclic amines) is 1. The number of aliphatic imine (C=N–C) groups is 1. The molecule has 0 spiro atoms. The quantitative estimate of drug-likeness (QED) is 0.821. The Morgan fingerprint density at radius 1 is 1.52 bits per heavy atom. The summed E-state index contributed by atoms with van der Waals surface area (Å²) in [5, 5.41) is 3.80. The lowest BCUT2D eigenvalue weighted by atomic mass is 9.95. The third-order valence-electron chi connectivity index (χ3n) is 5.00. The van der Waals surface area contributed by atoms with Crippen LogP contribution >= 0.6 is 0 Å². The molecule has 2 aliphatic heterocycles. The van der Waals surface area contributed by atoms with Crippen LogP contribution < -0.4 is 5.32 Å². The summed E-state index contributed by atoms with van der Waals surface area (Å²) in [6.07, 6.45) is 9.39. The van der Waals surface area contributed by atoms with E-state index in [9.17, 15) is 0 Å². The molecule has 1 aromatic rings. The van der Waals surface area contributed by atoms with Crippen molar-refractivity contribution in [2.75, 3.05) is 13.6 Å². The van der Waals surface area contributed by atoms with Crippen LogP contribution in [0.2, 0.25) is 0 Å². The maximum absolute atomic E-state index is 4.43. The molecule has 124 valence electrons. The van der Waals surface area contributed by atoms with E-state index >= 15 is 0 Å². The standard InChI is InChI=1S/C18H27N5/c1-5-13(3)23-11-14(7-8-15(23)6-2)21-18-16-9-10-19-17(16)20-12-22(18)4/h5,9-10,12,14-15,18-19,21H,1,3,6-8,11H2,2,4H3. The van der Waals surface area contributed by atoms with E-state index < -0.39 is 0 Å². The van der Waals surface area contributed by atoms with Crippen LogP contribution in [0, 0.1) is 0 Å². The monoisotopic (exact) mass is 313 g/mol. The van der Waals surface area contributed by atoms with E-state index in [1.165, 1.54) is 18.4 Å². The molecule has 0 radical (unpaired) electrons. The van der Waals surface area contributed by atoms with Crippen molar-refractivity contribution in [1.29, 1.82) is 0 Å². The van der Waals surface area contributed by atoms with Gasteiger partial charge in [-0.1, -0.05) is 20.1 Å². The number of fused-ring (bicyclic) bond motifs is 1. The topological polar surface area (TPSA) is 46.7 Å². The minimum absolute atomic E-state index is 0.163. The van der Waals surface area contributed by atoms with Gasteiger partial charge in [-0.05, 0) is 31.4 Å². The second-order valence-corrected chi connectivity index (χ2v) is 6.45. The number of hydrogen-bond donors (Lipinski definition) is 2. The maximum Gasteiger partial charge on any atom is 0.138 e. The largest absolute Gasteiger partial charge is 0.367 e. The van der Waals surface area contributed by atoms with Crippen molar-refractivity contribution in [2.24, 2.45) is 4.99 Å². The smallest absolute Gasteiger partial charge is 0.138 e. The predicted molar refractivity (Wildman–Crippen MR) is 95.7 cm³/mol. The van der Waals surface area contributed by atoms with Crippen LogP contribution in [0.1, 0.15) is 37.9 Å². The lowest BCUT2D eigenvalue weighted by molar-refractivity contribution is 0.141. The van der Waals surface area contributed by atoms with Gasteiger partial charge >= 0.3 is 0 Å². The Labute approximate surface area is 138 Å². The van der Waals surface area contributed by atoms with Crippen molar-refractivity contribution < 1.29 is 0 Å². The summed E-state index contributed by atoms with van der Waals surface area (Å²) in [5.41, 5.74) is 2.24. The molecule has 0 aliphatic carbocycles. The number of H-pyrrole nitrogens is 1. The molecule has 23 heavy (non-hydrogen) atoms. The Kier molecular flexibility index (Phi) is 4.57. The number of piperidine rings is 1. The zero-order valence-corrected chi connectivity index (χ0v) is 14.1. The first kappa shape index (κ1) is 15.9. The number of hydrogen-bond acceptors (Lipinski definition) is 4. The maximum atomic E-state index is 4.43. The number of nitrogens with zero attached hydrogens (tertiary/aromatic N) is 3. The fraction of sp³-hybridized carbons (Fsp3) is 0.500. The second kappa shape index (κ2) is 6.62. The van der Waals surface area contributed by atoms with E-state index in [4.69, 9.17) is 0 Å². The summed E-state index contributed by atoms with van der Waals surface area (Å²) < 4.78 is 0. The van der Waals surface area contributed by atoms with E-state index in [-0.39, 0.29) is 6.17 Å². The summed E-state index contributed by atoms with van der Waals surface area (Å²) in [6.45, 7) is 11.3. The number of aromatic amines is 1. The van der Waals surface area contributed by atoms with Gasteiger partial charge in [0.25, 0.3) is 0 Å². The number of nitrogens with one attached hydrogen (secondary N) is 2. The van der Waals surface area contributed by atoms with Gasteiger partial charge in [-0.25, -0.2) is 4.99 Å². The van der Waals surface area contributed by atoms with Crippen LogP contribution in [0.15, 0.2) is 42.2 Å². The van der Waals surface area contributed by atoms with Gasteiger partial charge in [0.2, 0.25) is 0 Å². The molecule has 5 heteroatoms. The molecular weight excluding hydrogens is 286 g/mol. The molecule has 3 heterocycles. The van der Waals surface area contributed by atoms with Crippen molar-refractivity contribution in [3.63, 3.8) is 0 Å². The molecule has 1 aromatic heterocycles. The Morgan fingerprint density at radius 3 is 3.09 bits per heavy atom. The normalized spacial score (nSPS) is 27.0. The lowest BCUT2D eigenvalue weighted by Gasteiger charge is -2.43. The first-order valence-electron chi connectivity index (χ1n) is 8.41.